The maximum Gasteiger partial charge on any atom is 0.410 e. The Bertz CT molecular complexity index is 595. The second-order valence-corrected chi connectivity index (χ2v) is 6.75. The molecule has 0 aliphatic heterocycles. The molecular formula is C19H31IN4O2. The van der Waals surface area contributed by atoms with Gasteiger partial charge in [-0.3, -0.25) is 4.99 Å². The number of aliphatic imine (C=N–C) groups is 1. The Morgan fingerprint density at radius 3 is 2.31 bits per heavy atom. The first-order chi connectivity index (χ1) is 11.7. The van der Waals surface area contributed by atoms with Crippen LogP contribution in [0.15, 0.2) is 41.9 Å². The van der Waals surface area contributed by atoms with E-state index in [0.717, 1.165) is 17.1 Å². The molecule has 26 heavy (non-hydrogen) atoms. The molecule has 0 saturated carbocycles. The summed E-state index contributed by atoms with van der Waals surface area (Å²) < 4.78 is 5.35. The van der Waals surface area contributed by atoms with Gasteiger partial charge in [-0.25, -0.2) is 4.79 Å². The fourth-order valence-corrected chi connectivity index (χ4v) is 2.02. The van der Waals surface area contributed by atoms with Crippen LogP contribution in [0.4, 0.5) is 4.79 Å². The minimum Gasteiger partial charge on any atom is -0.444 e. The van der Waals surface area contributed by atoms with E-state index in [-0.39, 0.29) is 30.1 Å². The first-order valence-corrected chi connectivity index (χ1v) is 8.32. The zero-order valence-corrected chi connectivity index (χ0v) is 18.7. The topological polar surface area (TPSA) is 66.0 Å². The van der Waals surface area contributed by atoms with Gasteiger partial charge in [-0.1, -0.05) is 30.3 Å². The van der Waals surface area contributed by atoms with Crippen molar-refractivity contribution >= 4 is 36.0 Å². The fraction of sp³-hybridized carbons (Fsp3) is 0.474. The summed E-state index contributed by atoms with van der Waals surface area (Å²) in [5.74, 6) is 0.730. The second-order valence-electron chi connectivity index (χ2n) is 6.75. The van der Waals surface area contributed by atoms with Crippen molar-refractivity contribution in [1.29, 1.82) is 0 Å². The van der Waals surface area contributed by atoms with Gasteiger partial charge in [0.25, 0.3) is 0 Å². The highest BCUT2D eigenvalue weighted by molar-refractivity contribution is 14.0. The molecule has 7 heteroatoms. The molecule has 0 spiro atoms. The second kappa shape index (κ2) is 11.8. The van der Waals surface area contributed by atoms with Gasteiger partial charge in [-0.05, 0) is 31.9 Å². The summed E-state index contributed by atoms with van der Waals surface area (Å²) in [4.78, 5) is 17.7. The van der Waals surface area contributed by atoms with E-state index in [0.29, 0.717) is 19.6 Å². The Morgan fingerprint density at radius 2 is 1.81 bits per heavy atom. The van der Waals surface area contributed by atoms with Gasteiger partial charge in [0.2, 0.25) is 0 Å². The lowest BCUT2D eigenvalue weighted by Crippen LogP contribution is -2.36. The van der Waals surface area contributed by atoms with Gasteiger partial charge >= 0.3 is 6.09 Å². The smallest absolute Gasteiger partial charge is 0.410 e. The van der Waals surface area contributed by atoms with Crippen LogP contribution in [0.25, 0.3) is 0 Å². The maximum atomic E-state index is 12.0. The van der Waals surface area contributed by atoms with Crippen LogP contribution >= 0.6 is 24.0 Å². The Balaban J connectivity index is 0.00000625. The molecule has 0 aliphatic carbocycles. The predicted molar refractivity (Wildman–Crippen MR) is 118 cm³/mol. The van der Waals surface area contributed by atoms with Crippen molar-refractivity contribution in [2.75, 3.05) is 20.6 Å². The number of carbonyl (C=O) groups excluding carboxylic acids is 1. The predicted octanol–water partition coefficient (Wildman–Crippen LogP) is 3.52. The average molecular weight is 474 g/mol. The van der Waals surface area contributed by atoms with Gasteiger partial charge in [-0.15, -0.1) is 30.6 Å². The Labute approximate surface area is 174 Å². The van der Waals surface area contributed by atoms with Gasteiger partial charge in [0.05, 0.1) is 0 Å². The minimum absolute atomic E-state index is 0. The molecule has 0 aliphatic rings. The molecule has 0 radical (unpaired) electrons. The number of nitrogens with one attached hydrogen (secondary N) is 2. The van der Waals surface area contributed by atoms with Crippen LogP contribution in [-0.4, -0.2) is 43.2 Å². The molecule has 6 nitrogen and oxygen atoms in total. The fourth-order valence-electron chi connectivity index (χ4n) is 2.02. The summed E-state index contributed by atoms with van der Waals surface area (Å²) in [5.41, 5.74) is 1.69. The molecule has 1 rings (SSSR count). The molecule has 2 N–H and O–H groups in total. The summed E-state index contributed by atoms with van der Waals surface area (Å²) in [6, 6.07) is 8.09. The first kappa shape index (κ1) is 24.2. The summed E-state index contributed by atoms with van der Waals surface area (Å²) >= 11 is 0. The average Bonchev–Trinajstić information content (AvgIpc) is 2.55. The number of nitrogens with zero attached hydrogens (tertiary/aromatic N) is 2. The van der Waals surface area contributed by atoms with E-state index < -0.39 is 5.60 Å². The number of ether oxygens (including phenoxy) is 1. The molecule has 0 aromatic heterocycles. The molecule has 0 bridgehead atoms. The number of hydrogen-bond donors (Lipinski definition) is 2. The molecule has 0 fully saturated rings. The number of benzene rings is 1. The van der Waals surface area contributed by atoms with Crippen LogP contribution in [0.3, 0.4) is 0 Å². The molecule has 0 saturated heterocycles. The van der Waals surface area contributed by atoms with Gasteiger partial charge in [-0.2, -0.15) is 0 Å². The van der Waals surface area contributed by atoms with Crippen molar-refractivity contribution in [3.63, 3.8) is 0 Å². The number of guanidine groups is 1. The van der Waals surface area contributed by atoms with Crippen molar-refractivity contribution in [2.24, 2.45) is 4.99 Å². The maximum absolute atomic E-state index is 12.0. The van der Waals surface area contributed by atoms with Gasteiger partial charge < -0.3 is 20.3 Å². The highest BCUT2D eigenvalue weighted by atomic mass is 127. The Hall–Kier alpha value is -1.77. The summed E-state index contributed by atoms with van der Waals surface area (Å²) in [6.45, 7) is 11.1. The van der Waals surface area contributed by atoms with E-state index in [9.17, 15) is 4.79 Å². The molecule has 146 valence electrons. The Morgan fingerprint density at radius 1 is 1.23 bits per heavy atom. The monoisotopic (exact) mass is 474 g/mol. The third-order valence-corrected chi connectivity index (χ3v) is 3.25. The highest BCUT2D eigenvalue weighted by Gasteiger charge is 2.19. The van der Waals surface area contributed by atoms with Crippen LogP contribution in [0, 0.1) is 0 Å². The van der Waals surface area contributed by atoms with Crippen molar-refractivity contribution in [3.05, 3.63) is 48.0 Å². The van der Waals surface area contributed by atoms with E-state index in [1.54, 1.807) is 25.1 Å². The number of rotatable bonds is 6. The van der Waals surface area contributed by atoms with Crippen LogP contribution in [-0.2, 0) is 17.8 Å². The van der Waals surface area contributed by atoms with Crippen molar-refractivity contribution in [2.45, 2.75) is 39.5 Å². The largest absolute Gasteiger partial charge is 0.444 e. The van der Waals surface area contributed by atoms with E-state index >= 15 is 0 Å². The molecule has 1 amide bonds. The van der Waals surface area contributed by atoms with Crippen molar-refractivity contribution in [3.8, 4) is 0 Å². The molecule has 0 atom stereocenters. The van der Waals surface area contributed by atoms with Crippen LogP contribution in [0.5, 0.6) is 0 Å². The molecular weight excluding hydrogens is 443 g/mol. The van der Waals surface area contributed by atoms with Crippen molar-refractivity contribution < 1.29 is 9.53 Å². The summed E-state index contributed by atoms with van der Waals surface area (Å²) in [7, 11) is 3.47. The van der Waals surface area contributed by atoms with E-state index in [2.05, 4.69) is 22.2 Å². The van der Waals surface area contributed by atoms with Crippen LogP contribution in [0.1, 0.15) is 31.9 Å². The molecule has 1 aromatic rings. The number of hydrogen-bond acceptors (Lipinski definition) is 3. The summed E-state index contributed by atoms with van der Waals surface area (Å²) in [5, 5.41) is 6.35. The molecule has 0 heterocycles. The number of amides is 1. The SMILES string of the molecule is C=CCNC(=NC)NCc1ccc(CN(C)C(=O)OC(C)(C)C)cc1.I. The normalized spacial score (nSPS) is 11.2. The minimum atomic E-state index is -0.487. The lowest BCUT2D eigenvalue weighted by Gasteiger charge is -2.24. The number of carbonyl (C=O) groups is 1. The number of halogens is 1. The van der Waals surface area contributed by atoms with Gasteiger partial charge in [0.1, 0.15) is 5.60 Å². The molecule has 0 unspecified atom stereocenters. The first-order valence-electron chi connectivity index (χ1n) is 8.32. The van der Waals surface area contributed by atoms with E-state index in [1.807, 2.05) is 45.0 Å². The van der Waals surface area contributed by atoms with E-state index in [1.165, 1.54) is 0 Å². The van der Waals surface area contributed by atoms with Crippen LogP contribution in [0.2, 0.25) is 0 Å². The quantitative estimate of drug-likeness (QED) is 0.287. The molecule has 1 aromatic carbocycles. The van der Waals surface area contributed by atoms with Crippen molar-refractivity contribution in [1.82, 2.24) is 15.5 Å². The highest BCUT2D eigenvalue weighted by Crippen LogP contribution is 2.12. The summed E-state index contributed by atoms with van der Waals surface area (Å²) in [6.07, 6.45) is 1.46. The standard InChI is InChI=1S/C19H30N4O2.HI/c1-7-12-21-17(20-5)22-13-15-8-10-16(11-9-15)14-23(6)18(24)25-19(2,3)4;/h7-11H,1,12-14H2,2-6H3,(H2,20,21,22);1H. The third-order valence-electron chi connectivity index (χ3n) is 3.25. The van der Waals surface area contributed by atoms with Gasteiger partial charge in [0.15, 0.2) is 5.96 Å². The zero-order valence-electron chi connectivity index (χ0n) is 16.3. The van der Waals surface area contributed by atoms with E-state index in [4.69, 9.17) is 4.74 Å². The zero-order chi connectivity index (χ0) is 18.9. The Kier molecular flexibility index (Phi) is 11.0. The lowest BCUT2D eigenvalue weighted by molar-refractivity contribution is 0.0285. The third kappa shape index (κ3) is 9.65. The van der Waals surface area contributed by atoms with Gasteiger partial charge in [0, 0.05) is 33.7 Å². The lowest BCUT2D eigenvalue weighted by atomic mass is 10.1. The van der Waals surface area contributed by atoms with Crippen LogP contribution < -0.4 is 10.6 Å².